The zero-order valence-corrected chi connectivity index (χ0v) is 25.5. The van der Waals surface area contributed by atoms with Crippen LogP contribution in [0.25, 0.3) is 22.8 Å². The van der Waals surface area contributed by atoms with E-state index in [0.717, 1.165) is 30.3 Å². The van der Waals surface area contributed by atoms with Gasteiger partial charge in [0, 0.05) is 24.7 Å². The zero-order valence-electron chi connectivity index (χ0n) is 25.5. The molecule has 0 N–H and O–H groups in total. The van der Waals surface area contributed by atoms with Gasteiger partial charge in [-0.15, -0.1) is 0 Å². The zero-order chi connectivity index (χ0) is 32.1. The lowest BCUT2D eigenvalue weighted by atomic mass is 10.1. The molecular formula is C31H32F3N7O4. The highest BCUT2D eigenvalue weighted by Gasteiger charge is 2.36. The highest BCUT2D eigenvalue weighted by Crippen LogP contribution is 2.45. The second-order valence-electron chi connectivity index (χ2n) is 12.1. The second-order valence-corrected chi connectivity index (χ2v) is 12.1. The van der Waals surface area contributed by atoms with E-state index < -0.39 is 23.6 Å². The van der Waals surface area contributed by atoms with Crippen molar-refractivity contribution in [1.29, 1.82) is 0 Å². The minimum atomic E-state index is -4.53. The third-order valence-corrected chi connectivity index (χ3v) is 7.37. The van der Waals surface area contributed by atoms with Crippen LogP contribution < -0.4 is 9.47 Å². The molecular weight excluding hydrogens is 591 g/mol. The van der Waals surface area contributed by atoms with Crippen LogP contribution in [-0.2, 0) is 37.7 Å². The van der Waals surface area contributed by atoms with Crippen molar-refractivity contribution >= 4 is 6.09 Å². The summed E-state index contributed by atoms with van der Waals surface area (Å²) in [6.45, 7) is 5.89. The molecule has 1 aromatic carbocycles. The van der Waals surface area contributed by atoms with Gasteiger partial charge in [0.15, 0.2) is 11.5 Å². The summed E-state index contributed by atoms with van der Waals surface area (Å²) in [5.74, 6) is 1.41. The maximum absolute atomic E-state index is 13.2. The number of alkyl halides is 3. The Labute approximate surface area is 257 Å². The van der Waals surface area contributed by atoms with Gasteiger partial charge in [0.25, 0.3) is 0 Å². The lowest BCUT2D eigenvalue weighted by Gasteiger charge is -2.23. The maximum atomic E-state index is 13.2. The van der Waals surface area contributed by atoms with Gasteiger partial charge in [-0.2, -0.15) is 18.2 Å². The standard InChI is InChI=1S/C31H32F3N7O4/c1-30(2,3)45-29(42)41-12-20-21(13-41)37-25(23-24(18-10-11-18)35-16-36-28(23)43-5)39-27(20)44-15-17-6-8-19(9-7-17)26-38-22(14-40(26)4)31(32,33)34/h6-9,14,16,18H,10-13,15H2,1-5H3. The van der Waals surface area contributed by atoms with E-state index in [4.69, 9.17) is 24.2 Å². The molecule has 0 spiro atoms. The molecule has 11 nitrogen and oxygen atoms in total. The number of rotatable bonds is 7. The Bertz CT molecular complexity index is 1750. The fourth-order valence-corrected chi connectivity index (χ4v) is 5.10. The third-order valence-electron chi connectivity index (χ3n) is 7.37. The molecule has 3 aromatic heterocycles. The van der Waals surface area contributed by atoms with Crippen LogP contribution in [0, 0.1) is 0 Å². The van der Waals surface area contributed by atoms with Crippen molar-refractivity contribution in [2.75, 3.05) is 7.11 Å². The van der Waals surface area contributed by atoms with E-state index in [0.29, 0.717) is 34.1 Å². The third kappa shape index (κ3) is 6.40. The van der Waals surface area contributed by atoms with Gasteiger partial charge < -0.3 is 18.8 Å². The predicted molar refractivity (Wildman–Crippen MR) is 155 cm³/mol. The molecule has 0 radical (unpaired) electrons. The molecule has 1 fully saturated rings. The molecule has 4 aromatic rings. The first-order valence-corrected chi connectivity index (χ1v) is 14.4. The molecule has 1 aliphatic heterocycles. The number of fused-ring (bicyclic) bond motifs is 1. The van der Waals surface area contributed by atoms with Crippen molar-refractivity contribution in [1.82, 2.24) is 34.4 Å². The number of carbonyl (C=O) groups is 1. The number of carbonyl (C=O) groups excluding carboxylic acids is 1. The Kier molecular flexibility index (Phi) is 7.61. The number of nitrogens with zero attached hydrogens (tertiary/aromatic N) is 7. The first kappa shape index (κ1) is 30.3. The average molecular weight is 624 g/mol. The van der Waals surface area contributed by atoms with Crippen LogP contribution >= 0.6 is 0 Å². The van der Waals surface area contributed by atoms with Crippen molar-refractivity contribution in [3.05, 3.63) is 65.0 Å². The number of benzene rings is 1. The Morgan fingerprint density at radius 3 is 2.36 bits per heavy atom. The Balaban J connectivity index is 1.31. The van der Waals surface area contributed by atoms with E-state index in [2.05, 4.69) is 15.0 Å². The van der Waals surface area contributed by atoms with Gasteiger partial charge in [0.1, 0.15) is 29.9 Å². The van der Waals surface area contributed by atoms with Crippen LogP contribution in [0.4, 0.5) is 18.0 Å². The summed E-state index contributed by atoms with van der Waals surface area (Å²) >= 11 is 0. The normalized spacial score (nSPS) is 14.8. The number of amides is 1. The molecule has 1 saturated carbocycles. The molecule has 0 atom stereocenters. The fraction of sp³-hybridized carbons (Fsp3) is 0.419. The van der Waals surface area contributed by atoms with Crippen LogP contribution in [0.15, 0.2) is 36.8 Å². The van der Waals surface area contributed by atoms with Crippen molar-refractivity contribution < 1.29 is 32.2 Å². The van der Waals surface area contributed by atoms with Gasteiger partial charge in [-0.05, 0) is 39.2 Å². The van der Waals surface area contributed by atoms with Gasteiger partial charge in [-0.3, -0.25) is 4.90 Å². The highest BCUT2D eigenvalue weighted by atomic mass is 19.4. The number of aromatic nitrogens is 6. The molecule has 1 amide bonds. The van der Waals surface area contributed by atoms with E-state index in [9.17, 15) is 18.0 Å². The molecule has 236 valence electrons. The lowest BCUT2D eigenvalue weighted by Crippen LogP contribution is -2.33. The number of halogens is 3. The highest BCUT2D eigenvalue weighted by molar-refractivity contribution is 5.71. The minimum Gasteiger partial charge on any atom is -0.480 e. The first-order valence-electron chi connectivity index (χ1n) is 14.4. The SMILES string of the molecule is COc1ncnc(C2CC2)c1-c1nc2c(c(OCc3ccc(-c4nc(C(F)(F)F)cn4C)cc3)n1)CN(C(=O)OC(C)(C)C)C2. The summed E-state index contributed by atoms with van der Waals surface area (Å²) in [4.78, 5) is 36.7. The molecule has 6 rings (SSSR count). The van der Waals surface area contributed by atoms with Crippen LogP contribution in [-0.4, -0.2) is 53.2 Å². The van der Waals surface area contributed by atoms with Gasteiger partial charge in [0.05, 0.1) is 37.2 Å². The topological polar surface area (TPSA) is 117 Å². The maximum Gasteiger partial charge on any atom is 0.434 e. The molecule has 2 aliphatic rings. The lowest BCUT2D eigenvalue weighted by molar-refractivity contribution is -0.140. The molecule has 0 unspecified atom stereocenters. The monoisotopic (exact) mass is 623 g/mol. The number of hydrogen-bond donors (Lipinski definition) is 0. The van der Waals surface area contributed by atoms with Crippen LogP contribution in [0.5, 0.6) is 11.8 Å². The van der Waals surface area contributed by atoms with Gasteiger partial charge in [-0.1, -0.05) is 24.3 Å². The van der Waals surface area contributed by atoms with Crippen molar-refractivity contribution in [2.45, 2.75) is 71.0 Å². The van der Waals surface area contributed by atoms with Crippen molar-refractivity contribution in [3.8, 4) is 34.5 Å². The number of ether oxygens (including phenoxy) is 3. The summed E-state index contributed by atoms with van der Waals surface area (Å²) in [6, 6.07) is 6.89. The van der Waals surface area contributed by atoms with Gasteiger partial charge in [0.2, 0.25) is 11.8 Å². The predicted octanol–water partition coefficient (Wildman–Crippen LogP) is 6.07. The summed E-state index contributed by atoms with van der Waals surface area (Å²) in [6.07, 6.45) is -0.620. The van der Waals surface area contributed by atoms with Crippen molar-refractivity contribution in [3.63, 3.8) is 0 Å². The molecule has 0 bridgehead atoms. The minimum absolute atomic E-state index is 0.0991. The number of imidazole rings is 1. The smallest absolute Gasteiger partial charge is 0.434 e. The van der Waals surface area contributed by atoms with Gasteiger partial charge in [-0.25, -0.2) is 24.7 Å². The van der Waals surface area contributed by atoms with Crippen LogP contribution in [0.3, 0.4) is 0 Å². The van der Waals surface area contributed by atoms with E-state index in [-0.39, 0.29) is 37.3 Å². The molecule has 0 saturated heterocycles. The summed E-state index contributed by atoms with van der Waals surface area (Å²) < 4.78 is 58.2. The molecule has 4 heterocycles. The number of methoxy groups -OCH3 is 1. The Morgan fingerprint density at radius 1 is 1.00 bits per heavy atom. The summed E-state index contributed by atoms with van der Waals surface area (Å²) in [5.41, 5.74) is 2.30. The fourth-order valence-electron chi connectivity index (χ4n) is 5.10. The van der Waals surface area contributed by atoms with Crippen LogP contribution in [0.1, 0.15) is 67.7 Å². The summed E-state index contributed by atoms with van der Waals surface area (Å²) in [7, 11) is 3.04. The average Bonchev–Trinajstić information content (AvgIpc) is 3.61. The van der Waals surface area contributed by atoms with E-state index in [1.54, 1.807) is 49.9 Å². The largest absolute Gasteiger partial charge is 0.480 e. The van der Waals surface area contributed by atoms with E-state index in [1.807, 2.05) is 0 Å². The Hall–Kier alpha value is -4.75. The quantitative estimate of drug-likeness (QED) is 0.242. The van der Waals surface area contributed by atoms with Crippen molar-refractivity contribution in [2.24, 2.45) is 7.05 Å². The van der Waals surface area contributed by atoms with E-state index >= 15 is 0 Å². The Morgan fingerprint density at radius 2 is 1.73 bits per heavy atom. The second kappa shape index (κ2) is 11.3. The van der Waals surface area contributed by atoms with E-state index in [1.165, 1.54) is 25.1 Å². The number of hydrogen-bond acceptors (Lipinski definition) is 9. The summed E-state index contributed by atoms with van der Waals surface area (Å²) in [5, 5.41) is 0. The van der Waals surface area contributed by atoms with Gasteiger partial charge >= 0.3 is 12.3 Å². The molecule has 1 aliphatic carbocycles. The molecule has 45 heavy (non-hydrogen) atoms. The first-order chi connectivity index (χ1) is 21.3. The molecule has 14 heteroatoms. The number of aryl methyl sites for hydroxylation is 1. The van der Waals surface area contributed by atoms with Crippen LogP contribution in [0.2, 0.25) is 0 Å².